The summed E-state index contributed by atoms with van der Waals surface area (Å²) in [6.45, 7) is 13.6. The summed E-state index contributed by atoms with van der Waals surface area (Å²) < 4.78 is 5.16. The van der Waals surface area contributed by atoms with Crippen LogP contribution < -0.4 is 10.6 Å². The molecular weight excluding hydrogens is 274 g/mol. The summed E-state index contributed by atoms with van der Waals surface area (Å²) >= 11 is 0. The molecule has 0 fully saturated rings. The van der Waals surface area contributed by atoms with Crippen molar-refractivity contribution in [1.29, 1.82) is 0 Å². The average Bonchev–Trinajstić information content (AvgIpc) is 2.30. The molecule has 0 spiro atoms. The van der Waals surface area contributed by atoms with Gasteiger partial charge < -0.3 is 20.5 Å². The average molecular weight is 295 g/mol. The predicted molar refractivity (Wildman–Crippen MR) is 76.1 cm³/mol. The summed E-state index contributed by atoms with van der Waals surface area (Å²) in [5.74, 6) is -0.324. The first kappa shape index (κ1) is 17.0. The largest absolute Gasteiger partial charge is 0.444 e. The Morgan fingerprint density at radius 2 is 2.05 bits per heavy atom. The topological polar surface area (TPSA) is 92.0 Å². The van der Waals surface area contributed by atoms with Gasteiger partial charge >= 0.3 is 6.09 Å². The SMILES string of the molecule is [C-]#[N+]C1=C[C@H](O)[C@H](NC(C)=O)[C@@H](NC(=O)OC(C)(C)C)C1. The lowest BCUT2D eigenvalue weighted by molar-refractivity contribution is -0.120. The van der Waals surface area contributed by atoms with Crippen LogP contribution in [0.4, 0.5) is 4.79 Å². The first-order valence-electron chi connectivity index (χ1n) is 6.65. The van der Waals surface area contributed by atoms with Gasteiger partial charge in [0.05, 0.1) is 24.8 Å². The van der Waals surface area contributed by atoms with Gasteiger partial charge in [-0.15, -0.1) is 0 Å². The molecule has 3 atom stereocenters. The Morgan fingerprint density at radius 1 is 1.43 bits per heavy atom. The van der Waals surface area contributed by atoms with Gasteiger partial charge in [0.1, 0.15) is 5.60 Å². The van der Waals surface area contributed by atoms with Crippen molar-refractivity contribution in [2.75, 3.05) is 0 Å². The van der Waals surface area contributed by atoms with Crippen LogP contribution >= 0.6 is 0 Å². The van der Waals surface area contributed by atoms with E-state index in [9.17, 15) is 14.7 Å². The molecule has 1 rings (SSSR count). The van der Waals surface area contributed by atoms with E-state index in [2.05, 4.69) is 15.5 Å². The quantitative estimate of drug-likeness (QED) is 0.661. The van der Waals surface area contributed by atoms with Crippen LogP contribution in [0.3, 0.4) is 0 Å². The van der Waals surface area contributed by atoms with Crippen LogP contribution in [-0.4, -0.2) is 40.9 Å². The predicted octanol–water partition coefficient (Wildman–Crippen LogP) is 0.952. The van der Waals surface area contributed by atoms with E-state index < -0.39 is 29.9 Å². The third-order valence-corrected chi connectivity index (χ3v) is 2.81. The zero-order chi connectivity index (χ0) is 16.2. The molecule has 1 aliphatic rings. The second-order valence-electron chi connectivity index (χ2n) is 5.94. The van der Waals surface area contributed by atoms with E-state index in [1.807, 2.05) is 0 Å². The number of nitrogens with zero attached hydrogens (tertiary/aromatic N) is 1. The Balaban J connectivity index is 2.84. The minimum atomic E-state index is -1.04. The van der Waals surface area contributed by atoms with Gasteiger partial charge in [0, 0.05) is 13.3 Å². The molecule has 7 heteroatoms. The number of rotatable bonds is 2. The van der Waals surface area contributed by atoms with Crippen molar-refractivity contribution in [2.24, 2.45) is 0 Å². The van der Waals surface area contributed by atoms with Crippen LogP contribution in [-0.2, 0) is 9.53 Å². The number of nitrogens with one attached hydrogen (secondary N) is 2. The molecule has 116 valence electrons. The fourth-order valence-electron chi connectivity index (χ4n) is 2.06. The maximum atomic E-state index is 11.8. The summed E-state index contributed by atoms with van der Waals surface area (Å²) in [6.07, 6.45) is -0.0704. The van der Waals surface area contributed by atoms with Crippen LogP contribution in [0.2, 0.25) is 0 Å². The molecule has 7 nitrogen and oxygen atoms in total. The highest BCUT2D eigenvalue weighted by Crippen LogP contribution is 2.21. The van der Waals surface area contributed by atoms with Gasteiger partial charge in [-0.3, -0.25) is 4.79 Å². The van der Waals surface area contributed by atoms with Crippen LogP contribution in [0.15, 0.2) is 11.8 Å². The van der Waals surface area contributed by atoms with Gasteiger partial charge in [-0.25, -0.2) is 9.64 Å². The Kier molecular flexibility index (Phi) is 5.33. The smallest absolute Gasteiger partial charge is 0.407 e. The lowest BCUT2D eigenvalue weighted by Crippen LogP contribution is -2.58. The van der Waals surface area contributed by atoms with Crippen LogP contribution in [0, 0.1) is 6.57 Å². The van der Waals surface area contributed by atoms with Crippen molar-refractivity contribution in [1.82, 2.24) is 10.6 Å². The third-order valence-electron chi connectivity index (χ3n) is 2.81. The fourth-order valence-corrected chi connectivity index (χ4v) is 2.06. The number of aliphatic hydroxyl groups excluding tert-OH is 1. The first-order valence-corrected chi connectivity index (χ1v) is 6.65. The van der Waals surface area contributed by atoms with Crippen molar-refractivity contribution in [3.05, 3.63) is 23.2 Å². The van der Waals surface area contributed by atoms with E-state index in [1.165, 1.54) is 13.0 Å². The molecule has 0 heterocycles. The molecule has 2 amide bonds. The minimum absolute atomic E-state index is 0.227. The zero-order valence-electron chi connectivity index (χ0n) is 12.6. The summed E-state index contributed by atoms with van der Waals surface area (Å²) in [4.78, 5) is 26.3. The van der Waals surface area contributed by atoms with Crippen LogP contribution in [0.1, 0.15) is 34.1 Å². The summed E-state index contributed by atoms with van der Waals surface area (Å²) in [5, 5.41) is 15.2. The number of alkyl carbamates (subject to hydrolysis) is 1. The number of hydrogen-bond donors (Lipinski definition) is 3. The molecule has 0 radical (unpaired) electrons. The van der Waals surface area contributed by atoms with E-state index in [1.54, 1.807) is 20.8 Å². The molecule has 1 aliphatic carbocycles. The fraction of sp³-hybridized carbons (Fsp3) is 0.643. The van der Waals surface area contributed by atoms with Crippen LogP contribution in [0.25, 0.3) is 4.85 Å². The van der Waals surface area contributed by atoms with E-state index in [-0.39, 0.29) is 12.3 Å². The zero-order valence-corrected chi connectivity index (χ0v) is 12.6. The second kappa shape index (κ2) is 6.59. The summed E-state index contributed by atoms with van der Waals surface area (Å²) in [5.41, 5.74) is -0.315. The molecule has 0 aliphatic heterocycles. The van der Waals surface area contributed by atoms with Gasteiger partial charge in [-0.1, -0.05) is 6.08 Å². The highest BCUT2D eigenvalue weighted by Gasteiger charge is 2.35. The van der Waals surface area contributed by atoms with Crippen molar-refractivity contribution < 1.29 is 19.4 Å². The second-order valence-corrected chi connectivity index (χ2v) is 5.94. The molecule has 3 N–H and O–H groups in total. The molecule has 0 unspecified atom stereocenters. The van der Waals surface area contributed by atoms with Gasteiger partial charge in [-0.05, 0) is 20.8 Å². The normalized spacial score (nSPS) is 25.3. The molecule has 21 heavy (non-hydrogen) atoms. The number of aliphatic hydroxyl groups is 1. The summed E-state index contributed by atoms with van der Waals surface area (Å²) in [6, 6.07) is -1.30. The Labute approximate surface area is 124 Å². The highest BCUT2D eigenvalue weighted by atomic mass is 16.6. The first-order chi connectivity index (χ1) is 9.62. The number of ether oxygens (including phenoxy) is 1. The van der Waals surface area contributed by atoms with Gasteiger partial charge in [0.2, 0.25) is 5.91 Å². The van der Waals surface area contributed by atoms with E-state index >= 15 is 0 Å². The standard InChI is InChI=1S/C14H21N3O4/c1-8(18)16-12-10(6-9(15-5)7-11(12)19)17-13(20)21-14(2,3)4/h7,10-12,19H,6H2,1-4H3,(H,16,18)(H,17,20)/t10-,11-,12+/m0/s1. The van der Waals surface area contributed by atoms with Gasteiger partial charge in [0.15, 0.2) is 5.70 Å². The van der Waals surface area contributed by atoms with Crippen molar-refractivity contribution in [2.45, 2.75) is 57.9 Å². The summed E-state index contributed by atoms with van der Waals surface area (Å²) in [7, 11) is 0. The molecule has 0 aromatic rings. The number of carbonyl (C=O) groups is 2. The number of carbonyl (C=O) groups excluding carboxylic acids is 2. The molecular formula is C14H21N3O4. The molecule has 0 saturated carbocycles. The maximum Gasteiger partial charge on any atom is 0.407 e. The number of hydrogen-bond acceptors (Lipinski definition) is 4. The van der Waals surface area contributed by atoms with E-state index in [0.29, 0.717) is 5.70 Å². The number of amides is 2. The van der Waals surface area contributed by atoms with Gasteiger partial charge in [0.25, 0.3) is 0 Å². The molecule has 0 aromatic heterocycles. The molecule has 0 aromatic carbocycles. The molecule has 0 saturated heterocycles. The Bertz CT molecular complexity index is 487. The third kappa shape index (κ3) is 5.44. The minimum Gasteiger partial charge on any atom is -0.444 e. The Morgan fingerprint density at radius 3 is 2.52 bits per heavy atom. The lowest BCUT2D eigenvalue weighted by Gasteiger charge is -2.34. The van der Waals surface area contributed by atoms with Crippen molar-refractivity contribution in [3.63, 3.8) is 0 Å². The molecule has 0 bridgehead atoms. The lowest BCUT2D eigenvalue weighted by atomic mass is 9.91. The monoisotopic (exact) mass is 295 g/mol. The van der Waals surface area contributed by atoms with E-state index in [0.717, 1.165) is 0 Å². The van der Waals surface area contributed by atoms with E-state index in [4.69, 9.17) is 11.3 Å². The van der Waals surface area contributed by atoms with Crippen molar-refractivity contribution in [3.8, 4) is 0 Å². The van der Waals surface area contributed by atoms with Gasteiger partial charge in [-0.2, -0.15) is 0 Å². The van der Waals surface area contributed by atoms with Crippen LogP contribution in [0.5, 0.6) is 0 Å². The van der Waals surface area contributed by atoms with Crippen molar-refractivity contribution >= 4 is 12.0 Å². The Hall–Kier alpha value is -2.07. The highest BCUT2D eigenvalue weighted by molar-refractivity contribution is 5.74. The maximum absolute atomic E-state index is 11.8.